The SMILES string of the molecule is CSc1ccc(CNC(=O)C2Cc3ccccc3N2C(C)=O)cc1. The summed E-state index contributed by atoms with van der Waals surface area (Å²) in [5, 5.41) is 2.96. The van der Waals surface area contributed by atoms with Crippen molar-refractivity contribution in [2.45, 2.75) is 30.8 Å². The van der Waals surface area contributed by atoms with Gasteiger partial charge in [0.05, 0.1) is 0 Å². The van der Waals surface area contributed by atoms with E-state index in [1.165, 1.54) is 11.8 Å². The Hall–Kier alpha value is -2.27. The van der Waals surface area contributed by atoms with Crippen molar-refractivity contribution in [3.05, 3.63) is 59.7 Å². The molecule has 0 aromatic heterocycles. The molecule has 4 nitrogen and oxygen atoms in total. The molecule has 124 valence electrons. The van der Waals surface area contributed by atoms with Gasteiger partial charge in [-0.1, -0.05) is 30.3 Å². The fourth-order valence-corrected chi connectivity index (χ4v) is 3.44. The highest BCUT2D eigenvalue weighted by Gasteiger charge is 2.36. The molecule has 3 rings (SSSR count). The average molecular weight is 340 g/mol. The summed E-state index contributed by atoms with van der Waals surface area (Å²) in [6, 6.07) is 15.3. The molecule has 2 amide bonds. The molecule has 0 radical (unpaired) electrons. The first-order valence-corrected chi connectivity index (χ1v) is 9.11. The molecule has 0 spiro atoms. The minimum Gasteiger partial charge on any atom is -0.350 e. The van der Waals surface area contributed by atoms with Gasteiger partial charge >= 0.3 is 0 Å². The van der Waals surface area contributed by atoms with Crippen LogP contribution in [0.1, 0.15) is 18.1 Å². The third-order valence-corrected chi connectivity index (χ3v) is 4.99. The standard InChI is InChI=1S/C19H20N2O2S/c1-13(22)21-17-6-4-3-5-15(17)11-18(21)19(23)20-12-14-7-9-16(24-2)10-8-14/h3-10,18H,11-12H2,1-2H3,(H,20,23). The summed E-state index contributed by atoms with van der Waals surface area (Å²) in [5.74, 6) is -0.222. The maximum absolute atomic E-state index is 12.6. The summed E-state index contributed by atoms with van der Waals surface area (Å²) in [5.41, 5.74) is 2.93. The molecule has 0 fully saturated rings. The van der Waals surface area contributed by atoms with Crippen molar-refractivity contribution in [2.75, 3.05) is 11.2 Å². The second-order valence-electron chi connectivity index (χ2n) is 5.80. The van der Waals surface area contributed by atoms with Crippen LogP contribution < -0.4 is 10.2 Å². The fraction of sp³-hybridized carbons (Fsp3) is 0.263. The minimum absolute atomic E-state index is 0.107. The van der Waals surface area contributed by atoms with E-state index in [9.17, 15) is 9.59 Å². The number of anilines is 1. The predicted molar refractivity (Wildman–Crippen MR) is 97.2 cm³/mol. The van der Waals surface area contributed by atoms with Gasteiger partial charge in [-0.05, 0) is 35.6 Å². The van der Waals surface area contributed by atoms with Gasteiger partial charge in [-0.15, -0.1) is 11.8 Å². The highest BCUT2D eigenvalue weighted by Crippen LogP contribution is 2.32. The van der Waals surface area contributed by atoms with Crippen molar-refractivity contribution in [1.82, 2.24) is 5.32 Å². The molecule has 0 bridgehead atoms. The number of rotatable bonds is 4. The number of para-hydroxylation sites is 1. The van der Waals surface area contributed by atoms with Gasteiger partial charge in [-0.3, -0.25) is 14.5 Å². The van der Waals surface area contributed by atoms with E-state index < -0.39 is 6.04 Å². The summed E-state index contributed by atoms with van der Waals surface area (Å²) in [4.78, 5) is 27.4. The number of nitrogens with zero attached hydrogens (tertiary/aromatic N) is 1. The van der Waals surface area contributed by atoms with Crippen LogP contribution in [0.3, 0.4) is 0 Å². The van der Waals surface area contributed by atoms with Crippen LogP contribution in [0.2, 0.25) is 0 Å². The van der Waals surface area contributed by atoms with Crippen molar-refractivity contribution in [1.29, 1.82) is 0 Å². The molecule has 24 heavy (non-hydrogen) atoms. The molecule has 1 aliphatic rings. The number of hydrogen-bond acceptors (Lipinski definition) is 3. The molecule has 1 N–H and O–H groups in total. The Labute approximate surface area is 146 Å². The van der Waals surface area contributed by atoms with E-state index >= 15 is 0 Å². The summed E-state index contributed by atoms with van der Waals surface area (Å²) >= 11 is 1.69. The van der Waals surface area contributed by atoms with Gasteiger partial charge in [0.1, 0.15) is 6.04 Å². The quantitative estimate of drug-likeness (QED) is 0.871. The number of carbonyl (C=O) groups excluding carboxylic acids is 2. The summed E-state index contributed by atoms with van der Waals surface area (Å²) in [6.45, 7) is 1.97. The third-order valence-electron chi connectivity index (χ3n) is 4.24. The second-order valence-corrected chi connectivity index (χ2v) is 6.68. The lowest BCUT2D eigenvalue weighted by atomic mass is 10.1. The number of thioether (sulfide) groups is 1. The highest BCUT2D eigenvalue weighted by atomic mass is 32.2. The van der Waals surface area contributed by atoms with Crippen molar-refractivity contribution >= 4 is 29.3 Å². The number of fused-ring (bicyclic) bond motifs is 1. The zero-order valence-electron chi connectivity index (χ0n) is 13.8. The van der Waals surface area contributed by atoms with Crippen LogP contribution in [0, 0.1) is 0 Å². The molecule has 2 aromatic carbocycles. The van der Waals surface area contributed by atoms with Gasteiger partial charge in [0.2, 0.25) is 11.8 Å². The Balaban J connectivity index is 1.69. The molecular formula is C19H20N2O2S. The van der Waals surface area contributed by atoms with Crippen LogP contribution in [0.15, 0.2) is 53.4 Å². The first kappa shape index (κ1) is 16.6. The average Bonchev–Trinajstić information content (AvgIpc) is 3.00. The first-order valence-electron chi connectivity index (χ1n) is 7.88. The lowest BCUT2D eigenvalue weighted by Gasteiger charge is -2.23. The molecule has 1 unspecified atom stereocenters. The van der Waals surface area contributed by atoms with Crippen molar-refractivity contribution in [3.8, 4) is 0 Å². The Bertz CT molecular complexity index is 758. The fourth-order valence-electron chi connectivity index (χ4n) is 3.04. The zero-order valence-corrected chi connectivity index (χ0v) is 14.6. The van der Waals surface area contributed by atoms with Gasteiger partial charge < -0.3 is 5.32 Å². The molecule has 1 heterocycles. The topological polar surface area (TPSA) is 49.4 Å². The molecule has 0 saturated heterocycles. The van der Waals surface area contributed by atoms with E-state index in [4.69, 9.17) is 0 Å². The van der Waals surface area contributed by atoms with Crippen LogP contribution >= 0.6 is 11.8 Å². The summed E-state index contributed by atoms with van der Waals surface area (Å²) < 4.78 is 0. The second kappa shape index (κ2) is 7.09. The van der Waals surface area contributed by atoms with E-state index in [0.717, 1.165) is 16.8 Å². The lowest BCUT2D eigenvalue weighted by Crippen LogP contribution is -2.47. The summed E-state index contributed by atoms with van der Waals surface area (Å²) in [7, 11) is 0. The minimum atomic E-state index is -0.467. The van der Waals surface area contributed by atoms with Crippen LogP contribution in [-0.2, 0) is 22.6 Å². The monoisotopic (exact) mass is 340 g/mol. The Kier molecular flexibility index (Phi) is 4.90. The van der Waals surface area contributed by atoms with Crippen LogP contribution in [0.25, 0.3) is 0 Å². The zero-order chi connectivity index (χ0) is 17.1. The third kappa shape index (κ3) is 3.31. The number of carbonyl (C=O) groups is 2. The van der Waals surface area contributed by atoms with Gasteiger partial charge in [-0.2, -0.15) is 0 Å². The number of benzene rings is 2. The van der Waals surface area contributed by atoms with E-state index in [2.05, 4.69) is 5.32 Å². The molecule has 1 atom stereocenters. The molecule has 0 aliphatic carbocycles. The Morgan fingerprint density at radius 2 is 1.88 bits per heavy atom. The van der Waals surface area contributed by atoms with Gasteiger partial charge in [0.25, 0.3) is 0 Å². The van der Waals surface area contributed by atoms with Crippen molar-refractivity contribution in [3.63, 3.8) is 0 Å². The van der Waals surface area contributed by atoms with Gasteiger partial charge in [0, 0.05) is 30.5 Å². The smallest absolute Gasteiger partial charge is 0.243 e. The van der Waals surface area contributed by atoms with E-state index in [1.807, 2.05) is 54.8 Å². The van der Waals surface area contributed by atoms with Gasteiger partial charge in [0.15, 0.2) is 0 Å². The molecule has 0 saturated carbocycles. The van der Waals surface area contributed by atoms with Crippen molar-refractivity contribution in [2.24, 2.45) is 0 Å². The van der Waals surface area contributed by atoms with Crippen LogP contribution in [0.4, 0.5) is 5.69 Å². The first-order chi connectivity index (χ1) is 11.6. The number of amides is 2. The summed E-state index contributed by atoms with van der Waals surface area (Å²) in [6.07, 6.45) is 2.60. The maximum atomic E-state index is 12.6. The largest absolute Gasteiger partial charge is 0.350 e. The van der Waals surface area contributed by atoms with Crippen LogP contribution in [0.5, 0.6) is 0 Å². The normalized spacial score (nSPS) is 15.9. The molecule has 1 aliphatic heterocycles. The van der Waals surface area contributed by atoms with E-state index in [-0.39, 0.29) is 11.8 Å². The molecular weight excluding hydrogens is 320 g/mol. The number of nitrogens with one attached hydrogen (secondary N) is 1. The number of hydrogen-bond donors (Lipinski definition) is 1. The maximum Gasteiger partial charge on any atom is 0.243 e. The van der Waals surface area contributed by atoms with E-state index in [0.29, 0.717) is 13.0 Å². The predicted octanol–water partition coefficient (Wildman–Crippen LogP) is 3.00. The lowest BCUT2D eigenvalue weighted by molar-refractivity contribution is -0.125. The van der Waals surface area contributed by atoms with Gasteiger partial charge in [-0.25, -0.2) is 0 Å². The molecule has 2 aromatic rings. The Morgan fingerprint density at radius 3 is 2.54 bits per heavy atom. The molecule has 5 heteroatoms. The van der Waals surface area contributed by atoms with Crippen LogP contribution in [-0.4, -0.2) is 24.1 Å². The Morgan fingerprint density at radius 1 is 1.17 bits per heavy atom. The highest BCUT2D eigenvalue weighted by molar-refractivity contribution is 7.98. The van der Waals surface area contributed by atoms with Crippen molar-refractivity contribution < 1.29 is 9.59 Å². The van der Waals surface area contributed by atoms with E-state index in [1.54, 1.807) is 16.7 Å².